The Morgan fingerprint density at radius 1 is 0.962 bits per heavy atom. The van der Waals surface area contributed by atoms with Crippen LogP contribution in [0.25, 0.3) is 0 Å². The SMILES string of the molecule is COc1cc(NC(=O)COc2ccc(C(C)C)cc2)cc(OC)c1OC. The molecule has 0 radical (unpaired) electrons. The molecule has 140 valence electrons. The van der Waals surface area contributed by atoms with Crippen LogP contribution >= 0.6 is 0 Å². The van der Waals surface area contributed by atoms with Gasteiger partial charge in [0.05, 0.1) is 21.3 Å². The van der Waals surface area contributed by atoms with Crippen LogP contribution in [0, 0.1) is 0 Å². The summed E-state index contributed by atoms with van der Waals surface area (Å²) in [6, 6.07) is 11.0. The van der Waals surface area contributed by atoms with E-state index in [2.05, 4.69) is 19.2 Å². The standard InChI is InChI=1S/C20H25NO5/c1-13(2)14-6-8-16(9-7-14)26-12-19(22)21-15-10-17(23-3)20(25-5)18(11-15)24-4/h6-11,13H,12H2,1-5H3,(H,21,22). The number of hydrogen-bond donors (Lipinski definition) is 1. The van der Waals surface area contributed by atoms with Crippen LogP contribution in [0.3, 0.4) is 0 Å². The number of hydrogen-bond acceptors (Lipinski definition) is 5. The minimum Gasteiger partial charge on any atom is -0.493 e. The van der Waals surface area contributed by atoms with Crippen LogP contribution in [0.4, 0.5) is 5.69 Å². The molecule has 0 fully saturated rings. The fourth-order valence-electron chi connectivity index (χ4n) is 2.45. The molecule has 6 nitrogen and oxygen atoms in total. The summed E-state index contributed by atoms with van der Waals surface area (Å²) >= 11 is 0. The third-order valence-corrected chi connectivity index (χ3v) is 3.87. The summed E-state index contributed by atoms with van der Waals surface area (Å²) in [4.78, 5) is 12.2. The molecule has 0 atom stereocenters. The summed E-state index contributed by atoms with van der Waals surface area (Å²) in [6.45, 7) is 4.15. The molecule has 1 N–H and O–H groups in total. The topological polar surface area (TPSA) is 66.0 Å². The van der Waals surface area contributed by atoms with E-state index in [0.29, 0.717) is 34.6 Å². The van der Waals surface area contributed by atoms with Gasteiger partial charge in [-0.1, -0.05) is 26.0 Å². The first-order chi connectivity index (χ1) is 12.5. The van der Waals surface area contributed by atoms with Crippen LogP contribution in [0.15, 0.2) is 36.4 Å². The summed E-state index contributed by atoms with van der Waals surface area (Å²) < 4.78 is 21.3. The van der Waals surface area contributed by atoms with E-state index in [-0.39, 0.29) is 12.5 Å². The Morgan fingerprint density at radius 3 is 2.00 bits per heavy atom. The zero-order valence-electron chi connectivity index (χ0n) is 15.8. The van der Waals surface area contributed by atoms with Crippen LogP contribution in [-0.2, 0) is 4.79 Å². The molecule has 6 heteroatoms. The van der Waals surface area contributed by atoms with Crippen molar-refractivity contribution in [3.8, 4) is 23.0 Å². The first-order valence-electron chi connectivity index (χ1n) is 8.31. The maximum Gasteiger partial charge on any atom is 0.262 e. The van der Waals surface area contributed by atoms with E-state index in [0.717, 1.165) is 0 Å². The molecule has 0 spiro atoms. The number of rotatable bonds is 8. The van der Waals surface area contributed by atoms with Crippen LogP contribution < -0.4 is 24.3 Å². The Labute approximate surface area is 154 Å². The number of nitrogens with one attached hydrogen (secondary N) is 1. The molecule has 0 saturated heterocycles. The monoisotopic (exact) mass is 359 g/mol. The largest absolute Gasteiger partial charge is 0.493 e. The Kier molecular flexibility index (Phi) is 6.72. The van der Waals surface area contributed by atoms with Crippen molar-refractivity contribution in [1.29, 1.82) is 0 Å². The molecule has 2 aromatic carbocycles. The van der Waals surface area contributed by atoms with Crippen molar-refractivity contribution in [1.82, 2.24) is 0 Å². The van der Waals surface area contributed by atoms with Gasteiger partial charge in [0.25, 0.3) is 5.91 Å². The minimum absolute atomic E-state index is 0.0995. The van der Waals surface area contributed by atoms with Crippen molar-refractivity contribution < 1.29 is 23.7 Å². The highest BCUT2D eigenvalue weighted by atomic mass is 16.5. The zero-order chi connectivity index (χ0) is 19.1. The zero-order valence-corrected chi connectivity index (χ0v) is 15.8. The second-order valence-electron chi connectivity index (χ2n) is 5.97. The molecule has 26 heavy (non-hydrogen) atoms. The van der Waals surface area contributed by atoms with Crippen LogP contribution in [0.2, 0.25) is 0 Å². The lowest BCUT2D eigenvalue weighted by Gasteiger charge is -2.15. The van der Waals surface area contributed by atoms with E-state index in [1.165, 1.54) is 26.9 Å². The molecule has 0 unspecified atom stereocenters. The van der Waals surface area contributed by atoms with E-state index in [1.807, 2.05) is 24.3 Å². The van der Waals surface area contributed by atoms with E-state index >= 15 is 0 Å². The van der Waals surface area contributed by atoms with Gasteiger partial charge in [-0.2, -0.15) is 0 Å². The number of ether oxygens (including phenoxy) is 4. The van der Waals surface area contributed by atoms with Gasteiger partial charge in [0.15, 0.2) is 18.1 Å². The molecule has 0 aliphatic carbocycles. The lowest BCUT2D eigenvalue weighted by molar-refractivity contribution is -0.118. The van der Waals surface area contributed by atoms with Crippen molar-refractivity contribution in [2.75, 3.05) is 33.3 Å². The molecule has 0 aliphatic heterocycles. The highest BCUT2D eigenvalue weighted by Crippen LogP contribution is 2.39. The molecule has 2 aromatic rings. The number of carbonyl (C=O) groups excluding carboxylic acids is 1. The van der Waals surface area contributed by atoms with Gasteiger partial charge in [-0.25, -0.2) is 0 Å². The number of benzene rings is 2. The second-order valence-corrected chi connectivity index (χ2v) is 5.97. The summed E-state index contributed by atoms with van der Waals surface area (Å²) in [6.07, 6.45) is 0. The Morgan fingerprint density at radius 2 is 1.54 bits per heavy atom. The average molecular weight is 359 g/mol. The maximum absolute atomic E-state index is 12.2. The lowest BCUT2D eigenvalue weighted by atomic mass is 10.0. The molecule has 0 aromatic heterocycles. The summed E-state index contributed by atoms with van der Waals surface area (Å²) in [7, 11) is 4.57. The van der Waals surface area contributed by atoms with Crippen LogP contribution in [-0.4, -0.2) is 33.8 Å². The number of methoxy groups -OCH3 is 3. The molecule has 1 amide bonds. The molecular weight excluding hydrogens is 334 g/mol. The van der Waals surface area contributed by atoms with E-state index in [9.17, 15) is 4.79 Å². The van der Waals surface area contributed by atoms with Gasteiger partial charge in [0.1, 0.15) is 5.75 Å². The molecule has 2 rings (SSSR count). The van der Waals surface area contributed by atoms with Gasteiger partial charge in [-0.3, -0.25) is 4.79 Å². The van der Waals surface area contributed by atoms with Gasteiger partial charge < -0.3 is 24.3 Å². The summed E-state index contributed by atoms with van der Waals surface area (Å²) in [5, 5.41) is 2.76. The minimum atomic E-state index is -0.285. The van der Waals surface area contributed by atoms with Crippen molar-refractivity contribution in [2.45, 2.75) is 19.8 Å². The fraction of sp³-hybridized carbons (Fsp3) is 0.350. The second kappa shape index (κ2) is 8.99. The first-order valence-corrected chi connectivity index (χ1v) is 8.31. The van der Waals surface area contributed by atoms with Crippen molar-refractivity contribution >= 4 is 11.6 Å². The highest BCUT2D eigenvalue weighted by molar-refractivity contribution is 5.92. The third kappa shape index (κ3) is 4.81. The average Bonchev–Trinajstić information content (AvgIpc) is 2.65. The molecule has 0 bridgehead atoms. The fourth-order valence-corrected chi connectivity index (χ4v) is 2.45. The van der Waals surface area contributed by atoms with E-state index in [1.54, 1.807) is 12.1 Å². The third-order valence-electron chi connectivity index (χ3n) is 3.87. The van der Waals surface area contributed by atoms with E-state index in [4.69, 9.17) is 18.9 Å². The quantitative estimate of drug-likeness (QED) is 0.775. The normalized spacial score (nSPS) is 10.4. The van der Waals surface area contributed by atoms with E-state index < -0.39 is 0 Å². The Bertz CT molecular complexity index is 715. The van der Waals surface area contributed by atoms with Gasteiger partial charge >= 0.3 is 0 Å². The van der Waals surface area contributed by atoms with Crippen LogP contribution in [0.5, 0.6) is 23.0 Å². The van der Waals surface area contributed by atoms with Gasteiger partial charge in [0, 0.05) is 17.8 Å². The predicted molar refractivity (Wildman–Crippen MR) is 101 cm³/mol. The predicted octanol–water partition coefficient (Wildman–Crippen LogP) is 3.85. The van der Waals surface area contributed by atoms with Crippen LogP contribution in [0.1, 0.15) is 25.3 Å². The van der Waals surface area contributed by atoms with Gasteiger partial charge in [-0.05, 0) is 23.6 Å². The molecule has 0 heterocycles. The van der Waals surface area contributed by atoms with Gasteiger partial charge in [0.2, 0.25) is 5.75 Å². The summed E-state index contributed by atoms with van der Waals surface area (Å²) in [5.41, 5.74) is 1.75. The molecular formula is C20H25NO5. The van der Waals surface area contributed by atoms with Gasteiger partial charge in [-0.15, -0.1) is 0 Å². The first kappa shape index (κ1) is 19.4. The maximum atomic E-state index is 12.2. The smallest absolute Gasteiger partial charge is 0.262 e. The number of anilines is 1. The summed E-state index contributed by atoms with van der Waals surface area (Å²) in [5.74, 6) is 2.21. The van der Waals surface area contributed by atoms with Crippen molar-refractivity contribution in [3.63, 3.8) is 0 Å². The van der Waals surface area contributed by atoms with Crippen molar-refractivity contribution in [3.05, 3.63) is 42.0 Å². The highest BCUT2D eigenvalue weighted by Gasteiger charge is 2.14. The number of carbonyl (C=O) groups is 1. The Hall–Kier alpha value is -2.89. The number of amides is 1. The molecule has 0 aliphatic rings. The lowest BCUT2D eigenvalue weighted by Crippen LogP contribution is -2.20. The Balaban J connectivity index is 2.01. The molecule has 0 saturated carbocycles. The van der Waals surface area contributed by atoms with Crippen molar-refractivity contribution in [2.24, 2.45) is 0 Å².